The van der Waals surface area contributed by atoms with Crippen LogP contribution in [0.1, 0.15) is 12.0 Å². The van der Waals surface area contributed by atoms with E-state index in [1.807, 2.05) is 30.3 Å². The molecule has 0 radical (unpaired) electrons. The fourth-order valence-corrected chi connectivity index (χ4v) is 1.79. The summed E-state index contributed by atoms with van der Waals surface area (Å²) < 4.78 is 5.80. The van der Waals surface area contributed by atoms with E-state index >= 15 is 0 Å². The molecule has 2 aliphatic rings. The first-order valence-electron chi connectivity index (χ1n) is 4.80. The average molecular weight is 189 g/mol. The van der Waals surface area contributed by atoms with E-state index in [9.17, 15) is 0 Å². The van der Waals surface area contributed by atoms with E-state index in [-0.39, 0.29) is 6.10 Å². The van der Waals surface area contributed by atoms with Gasteiger partial charge in [-0.25, -0.2) is 0 Å². The van der Waals surface area contributed by atoms with Crippen LogP contribution < -0.4 is 10.2 Å². The lowest BCUT2D eigenvalue weighted by Gasteiger charge is -2.30. The minimum Gasteiger partial charge on any atom is -0.482 e. The van der Waals surface area contributed by atoms with Crippen molar-refractivity contribution in [3.8, 4) is 5.75 Å². The van der Waals surface area contributed by atoms with E-state index in [1.54, 1.807) is 0 Å². The first-order chi connectivity index (χ1) is 6.93. The number of para-hydroxylation sites is 1. The van der Waals surface area contributed by atoms with E-state index in [1.165, 1.54) is 0 Å². The molecule has 0 amide bonds. The van der Waals surface area contributed by atoms with Crippen molar-refractivity contribution in [2.24, 2.45) is 0 Å². The van der Waals surface area contributed by atoms with Crippen LogP contribution in [0.2, 0.25) is 0 Å². The summed E-state index contributed by atoms with van der Waals surface area (Å²) in [5.74, 6) is 1.83. The van der Waals surface area contributed by atoms with Crippen molar-refractivity contribution in [2.45, 2.75) is 12.5 Å². The highest BCUT2D eigenvalue weighted by Crippen LogP contribution is 2.31. The van der Waals surface area contributed by atoms with Gasteiger partial charge in [-0.2, -0.15) is 5.48 Å². The van der Waals surface area contributed by atoms with E-state index in [0.29, 0.717) is 0 Å². The van der Waals surface area contributed by atoms with Crippen LogP contribution in [0.5, 0.6) is 5.75 Å². The Morgan fingerprint density at radius 3 is 3.21 bits per heavy atom. The molecule has 1 aromatic carbocycles. The first-order valence-corrected chi connectivity index (χ1v) is 4.80. The highest BCUT2D eigenvalue weighted by molar-refractivity contribution is 5.61. The molecule has 2 heterocycles. The van der Waals surface area contributed by atoms with Gasteiger partial charge < -0.3 is 9.57 Å². The molecule has 0 aliphatic carbocycles. The highest BCUT2D eigenvalue weighted by atomic mass is 16.7. The Bertz CT molecular complexity index is 387. The zero-order chi connectivity index (χ0) is 9.38. The van der Waals surface area contributed by atoms with Crippen molar-refractivity contribution >= 4 is 6.08 Å². The summed E-state index contributed by atoms with van der Waals surface area (Å²) in [4.78, 5) is 5.32. The first kappa shape index (κ1) is 7.88. The summed E-state index contributed by atoms with van der Waals surface area (Å²) >= 11 is 0. The predicted molar refractivity (Wildman–Crippen MR) is 52.5 cm³/mol. The van der Waals surface area contributed by atoms with Crippen LogP contribution in [0.15, 0.2) is 30.0 Å². The molecule has 1 aromatic rings. The van der Waals surface area contributed by atoms with Crippen LogP contribution in [0.25, 0.3) is 6.08 Å². The summed E-state index contributed by atoms with van der Waals surface area (Å²) in [5, 5.41) is 0. The van der Waals surface area contributed by atoms with Crippen LogP contribution >= 0.6 is 0 Å². The van der Waals surface area contributed by atoms with E-state index in [4.69, 9.17) is 9.57 Å². The van der Waals surface area contributed by atoms with Crippen molar-refractivity contribution < 1.29 is 9.57 Å². The Hall–Kier alpha value is -1.48. The quantitative estimate of drug-likeness (QED) is 0.674. The lowest BCUT2D eigenvalue weighted by molar-refractivity contribution is 0.0114. The van der Waals surface area contributed by atoms with Crippen LogP contribution in [0.4, 0.5) is 0 Å². The zero-order valence-electron chi connectivity index (χ0n) is 7.69. The predicted octanol–water partition coefficient (Wildman–Crippen LogP) is 1.71. The van der Waals surface area contributed by atoms with Gasteiger partial charge in [0, 0.05) is 18.5 Å². The molecule has 3 rings (SSSR count). The van der Waals surface area contributed by atoms with Crippen LogP contribution in [0, 0.1) is 0 Å². The van der Waals surface area contributed by atoms with Gasteiger partial charge in [0.05, 0.1) is 0 Å². The molecule has 1 unspecified atom stereocenters. The Kier molecular flexibility index (Phi) is 1.70. The van der Waals surface area contributed by atoms with Crippen molar-refractivity contribution in [3.05, 3.63) is 35.6 Å². The number of hydroxylamine groups is 1. The molecule has 0 saturated carbocycles. The fourth-order valence-electron chi connectivity index (χ4n) is 1.79. The Labute approximate surface area is 82.3 Å². The van der Waals surface area contributed by atoms with Crippen LogP contribution in [0.3, 0.4) is 0 Å². The third-order valence-corrected chi connectivity index (χ3v) is 2.50. The number of fused-ring (bicyclic) bond motifs is 2. The number of rotatable bonds is 0. The minimum absolute atomic E-state index is 0.0890. The molecule has 1 atom stereocenters. The summed E-state index contributed by atoms with van der Waals surface area (Å²) in [5.41, 5.74) is 3.95. The van der Waals surface area contributed by atoms with Gasteiger partial charge in [0.2, 0.25) is 0 Å². The monoisotopic (exact) mass is 189 g/mol. The molecule has 0 spiro atoms. The van der Waals surface area contributed by atoms with E-state index < -0.39 is 0 Å². The minimum atomic E-state index is 0.0890. The average Bonchev–Trinajstić information content (AvgIpc) is 2.26. The maximum atomic E-state index is 5.80. The molecule has 0 bridgehead atoms. The fraction of sp³-hybridized carbons (Fsp3) is 0.273. The maximum Gasteiger partial charge on any atom is 0.165 e. The molecule has 3 heteroatoms. The Morgan fingerprint density at radius 1 is 1.29 bits per heavy atom. The van der Waals surface area contributed by atoms with Gasteiger partial charge >= 0.3 is 0 Å². The molecule has 72 valence electrons. The zero-order valence-corrected chi connectivity index (χ0v) is 7.69. The van der Waals surface area contributed by atoms with Crippen LogP contribution in [-0.2, 0) is 4.84 Å². The molecular formula is C11H11NO2. The van der Waals surface area contributed by atoms with Crippen molar-refractivity contribution in [3.63, 3.8) is 0 Å². The normalized spacial score (nSPS) is 23.7. The maximum absolute atomic E-state index is 5.80. The number of ether oxygens (including phenoxy) is 1. The lowest BCUT2D eigenvalue weighted by atomic mass is 10.1. The van der Waals surface area contributed by atoms with Gasteiger partial charge in [0.25, 0.3) is 0 Å². The molecule has 2 aliphatic heterocycles. The number of nitrogens with one attached hydrogen (secondary N) is 1. The molecule has 3 nitrogen and oxygen atoms in total. The molecular weight excluding hydrogens is 178 g/mol. The van der Waals surface area contributed by atoms with Crippen molar-refractivity contribution in [1.82, 2.24) is 5.48 Å². The standard InChI is InChI=1S/C11H11NO2/c1-2-4-9-8(3-1)7-11-10(13-9)5-6-12-14-11/h1-4,7,10,12H,5-6H2. The third kappa shape index (κ3) is 1.17. The van der Waals surface area contributed by atoms with Crippen molar-refractivity contribution in [2.75, 3.05) is 6.54 Å². The topological polar surface area (TPSA) is 30.5 Å². The Morgan fingerprint density at radius 2 is 2.21 bits per heavy atom. The van der Waals surface area contributed by atoms with E-state index in [0.717, 1.165) is 30.0 Å². The van der Waals surface area contributed by atoms with Crippen LogP contribution in [-0.4, -0.2) is 12.6 Å². The van der Waals surface area contributed by atoms with Gasteiger partial charge in [0.15, 0.2) is 11.9 Å². The summed E-state index contributed by atoms with van der Waals surface area (Å²) in [6.45, 7) is 0.837. The molecule has 1 saturated heterocycles. The smallest absolute Gasteiger partial charge is 0.165 e. The van der Waals surface area contributed by atoms with Gasteiger partial charge in [-0.15, -0.1) is 0 Å². The van der Waals surface area contributed by atoms with Gasteiger partial charge in [-0.3, -0.25) is 0 Å². The molecule has 0 aromatic heterocycles. The van der Waals surface area contributed by atoms with E-state index in [2.05, 4.69) is 5.48 Å². The SMILES string of the molecule is C1=C2ONCCC2Oc2ccccc21. The van der Waals surface area contributed by atoms with Gasteiger partial charge in [-0.1, -0.05) is 18.2 Å². The summed E-state index contributed by atoms with van der Waals surface area (Å²) in [6.07, 6.45) is 3.08. The van der Waals surface area contributed by atoms with Crippen molar-refractivity contribution in [1.29, 1.82) is 0 Å². The number of hydrogen-bond donors (Lipinski definition) is 1. The number of benzene rings is 1. The van der Waals surface area contributed by atoms with Gasteiger partial charge in [0.1, 0.15) is 5.75 Å². The molecule has 14 heavy (non-hydrogen) atoms. The second-order valence-corrected chi connectivity index (χ2v) is 3.48. The molecule has 1 fully saturated rings. The highest BCUT2D eigenvalue weighted by Gasteiger charge is 2.26. The Balaban J connectivity index is 2.03. The number of hydrogen-bond acceptors (Lipinski definition) is 3. The second kappa shape index (κ2) is 3.03. The largest absolute Gasteiger partial charge is 0.482 e. The van der Waals surface area contributed by atoms with Gasteiger partial charge in [-0.05, 0) is 12.1 Å². The second-order valence-electron chi connectivity index (χ2n) is 3.48. The summed E-state index contributed by atoms with van der Waals surface area (Å²) in [6, 6.07) is 8.00. The third-order valence-electron chi connectivity index (χ3n) is 2.50. The molecule has 1 N–H and O–H groups in total. The summed E-state index contributed by atoms with van der Waals surface area (Å²) in [7, 11) is 0. The lowest BCUT2D eigenvalue weighted by Crippen LogP contribution is -2.36.